The molecule has 0 aliphatic heterocycles. The lowest BCUT2D eigenvalue weighted by Crippen LogP contribution is -3.00. The molecule has 2 aromatic heterocycles. The number of halogens is 2. The lowest BCUT2D eigenvalue weighted by molar-refractivity contribution is -0.671. The first-order chi connectivity index (χ1) is 7.65. The van der Waals surface area contributed by atoms with Crippen LogP contribution in [0.3, 0.4) is 0 Å². The molecule has 0 aromatic carbocycles. The molecule has 0 saturated heterocycles. The Morgan fingerprint density at radius 3 is 1.28 bits per heavy atom. The lowest BCUT2D eigenvalue weighted by Gasteiger charge is -1.81. The fraction of sp³-hybridized carbons (Fsp3) is 0.500. The zero-order chi connectivity index (χ0) is 12.0. The number of imidazole rings is 2. The van der Waals surface area contributed by atoms with Crippen LogP contribution in [0.15, 0.2) is 37.4 Å². The van der Waals surface area contributed by atoms with Crippen molar-refractivity contribution in [3.63, 3.8) is 0 Å². The second-order valence-electron chi connectivity index (χ2n) is 3.82. The first-order valence-corrected chi connectivity index (χ1v) is 5.67. The van der Waals surface area contributed by atoms with Gasteiger partial charge in [-0.3, -0.25) is 0 Å². The fourth-order valence-electron chi connectivity index (χ4n) is 1.38. The van der Waals surface area contributed by atoms with E-state index in [0.29, 0.717) is 0 Å². The summed E-state index contributed by atoms with van der Waals surface area (Å²) < 4.78 is 8.31. The highest BCUT2D eigenvalue weighted by Gasteiger charge is 1.92. The number of nitrogens with zero attached hydrogens (tertiary/aromatic N) is 4. The average molecular weight is 385 g/mol. The Labute approximate surface area is 133 Å². The summed E-state index contributed by atoms with van der Waals surface area (Å²) in [5.41, 5.74) is 0. The summed E-state index contributed by atoms with van der Waals surface area (Å²) in [5.74, 6) is 0. The second kappa shape index (κ2) is 10.4. The maximum Gasteiger partial charge on any atom is 0.243 e. The van der Waals surface area contributed by atoms with Crippen LogP contribution >= 0.6 is 0 Å². The molecule has 2 aromatic rings. The lowest BCUT2D eigenvalue weighted by atomic mass is 10.7. The van der Waals surface area contributed by atoms with Gasteiger partial charge in [-0.15, -0.1) is 0 Å². The summed E-state index contributed by atoms with van der Waals surface area (Å²) in [6, 6.07) is 0. The van der Waals surface area contributed by atoms with Gasteiger partial charge in [-0.05, 0) is 13.8 Å². The van der Waals surface area contributed by atoms with E-state index in [-0.39, 0.29) is 36.4 Å². The van der Waals surface area contributed by atoms with E-state index in [0.717, 1.165) is 13.1 Å². The van der Waals surface area contributed by atoms with Gasteiger partial charge < -0.3 is 36.4 Å². The predicted octanol–water partition coefficient (Wildman–Crippen LogP) is -5.33. The number of aryl methyl sites for hydroxylation is 4. The quantitative estimate of drug-likeness (QED) is 0.364. The molecule has 0 radical (unpaired) electrons. The summed E-state index contributed by atoms with van der Waals surface area (Å²) >= 11 is 0. The van der Waals surface area contributed by atoms with Crippen LogP contribution < -0.4 is 45.5 Å². The third-order valence-electron chi connectivity index (χ3n) is 2.38. The van der Waals surface area contributed by atoms with Crippen molar-refractivity contribution in [2.75, 3.05) is 0 Å². The Bertz CT molecular complexity index is 385. The molecular formula is C12H22ClIN4. The summed E-state index contributed by atoms with van der Waals surface area (Å²) in [5, 5.41) is 0. The van der Waals surface area contributed by atoms with Crippen molar-refractivity contribution in [1.82, 2.24) is 9.13 Å². The van der Waals surface area contributed by atoms with Crippen LogP contribution in [0.5, 0.6) is 0 Å². The van der Waals surface area contributed by atoms with Gasteiger partial charge in [0.15, 0.2) is 0 Å². The van der Waals surface area contributed by atoms with Crippen molar-refractivity contribution in [2.24, 2.45) is 14.1 Å². The minimum Gasteiger partial charge on any atom is -1.00 e. The molecule has 0 atom stereocenters. The van der Waals surface area contributed by atoms with Gasteiger partial charge >= 0.3 is 0 Å². The molecule has 4 nitrogen and oxygen atoms in total. The van der Waals surface area contributed by atoms with E-state index in [9.17, 15) is 0 Å². The maximum atomic E-state index is 2.12. The van der Waals surface area contributed by atoms with Crippen LogP contribution in [0.2, 0.25) is 0 Å². The van der Waals surface area contributed by atoms with E-state index in [2.05, 4.69) is 48.0 Å². The van der Waals surface area contributed by atoms with Crippen LogP contribution in [0, 0.1) is 0 Å². The molecule has 0 amide bonds. The van der Waals surface area contributed by atoms with E-state index in [1.165, 1.54) is 0 Å². The van der Waals surface area contributed by atoms with Crippen molar-refractivity contribution in [3.05, 3.63) is 37.4 Å². The first-order valence-electron chi connectivity index (χ1n) is 5.67. The molecule has 2 rings (SSSR count). The van der Waals surface area contributed by atoms with Crippen molar-refractivity contribution < 1.29 is 45.5 Å². The summed E-state index contributed by atoms with van der Waals surface area (Å²) in [7, 11) is 4.04. The van der Waals surface area contributed by atoms with E-state index in [4.69, 9.17) is 0 Å². The molecule has 2 heterocycles. The summed E-state index contributed by atoms with van der Waals surface area (Å²) in [6.07, 6.45) is 12.3. The Kier molecular flexibility index (Phi) is 11.4. The molecule has 0 saturated carbocycles. The van der Waals surface area contributed by atoms with Crippen molar-refractivity contribution in [3.8, 4) is 0 Å². The molecule has 104 valence electrons. The minimum atomic E-state index is 0. The second-order valence-corrected chi connectivity index (χ2v) is 3.82. The Hall–Kier alpha value is -0.560. The third-order valence-corrected chi connectivity index (χ3v) is 2.38. The SMILES string of the molecule is CCn1cc[n+](C)c1.CCn1cc[n+](C)c1.[Cl-].[I-]. The molecule has 0 aliphatic carbocycles. The molecule has 18 heavy (non-hydrogen) atoms. The van der Waals surface area contributed by atoms with Gasteiger partial charge in [0, 0.05) is 0 Å². The molecule has 0 unspecified atom stereocenters. The number of hydrogen-bond donors (Lipinski definition) is 0. The van der Waals surface area contributed by atoms with E-state index >= 15 is 0 Å². The minimum absolute atomic E-state index is 0. The topological polar surface area (TPSA) is 17.6 Å². The third kappa shape index (κ3) is 7.00. The average Bonchev–Trinajstić information content (AvgIpc) is 2.88. The van der Waals surface area contributed by atoms with Gasteiger partial charge in [-0.2, -0.15) is 0 Å². The first kappa shape index (κ1) is 19.8. The zero-order valence-corrected chi connectivity index (χ0v) is 14.3. The van der Waals surface area contributed by atoms with Gasteiger partial charge in [-0.1, -0.05) is 0 Å². The highest BCUT2D eigenvalue weighted by molar-refractivity contribution is 4.64. The molecular weight excluding hydrogens is 363 g/mol. The van der Waals surface area contributed by atoms with E-state index < -0.39 is 0 Å². The maximum absolute atomic E-state index is 2.12. The van der Waals surface area contributed by atoms with E-state index in [1.54, 1.807) is 0 Å². The molecule has 0 bridgehead atoms. The fourth-order valence-corrected chi connectivity index (χ4v) is 1.38. The van der Waals surface area contributed by atoms with Crippen LogP contribution in [0.25, 0.3) is 0 Å². The van der Waals surface area contributed by atoms with Crippen molar-refractivity contribution >= 4 is 0 Å². The molecule has 6 heteroatoms. The van der Waals surface area contributed by atoms with Crippen LogP contribution in [0.4, 0.5) is 0 Å². The molecule has 0 N–H and O–H groups in total. The monoisotopic (exact) mass is 384 g/mol. The van der Waals surface area contributed by atoms with Gasteiger partial charge in [0.1, 0.15) is 24.8 Å². The number of rotatable bonds is 2. The zero-order valence-electron chi connectivity index (χ0n) is 11.4. The smallest absolute Gasteiger partial charge is 0.243 e. The van der Waals surface area contributed by atoms with Crippen molar-refractivity contribution in [1.29, 1.82) is 0 Å². The molecule has 0 spiro atoms. The highest BCUT2D eigenvalue weighted by Crippen LogP contribution is 1.79. The van der Waals surface area contributed by atoms with Gasteiger partial charge in [-0.25, -0.2) is 18.3 Å². The molecule has 0 fully saturated rings. The highest BCUT2D eigenvalue weighted by atomic mass is 127. The van der Waals surface area contributed by atoms with E-state index in [1.807, 2.05) is 35.6 Å². The Morgan fingerprint density at radius 2 is 1.17 bits per heavy atom. The van der Waals surface area contributed by atoms with Gasteiger partial charge in [0.05, 0.1) is 27.2 Å². The summed E-state index contributed by atoms with van der Waals surface area (Å²) in [6.45, 7) is 6.36. The van der Waals surface area contributed by atoms with Crippen LogP contribution in [-0.2, 0) is 27.2 Å². The Balaban J connectivity index is 0. The number of hydrogen-bond acceptors (Lipinski definition) is 0. The number of aromatic nitrogens is 4. The van der Waals surface area contributed by atoms with Crippen molar-refractivity contribution in [2.45, 2.75) is 26.9 Å². The van der Waals surface area contributed by atoms with Crippen LogP contribution in [-0.4, -0.2) is 9.13 Å². The van der Waals surface area contributed by atoms with Crippen LogP contribution in [0.1, 0.15) is 13.8 Å². The molecule has 0 aliphatic rings. The Morgan fingerprint density at radius 1 is 0.833 bits per heavy atom. The van der Waals surface area contributed by atoms with Gasteiger partial charge in [0.25, 0.3) is 0 Å². The predicted molar refractivity (Wildman–Crippen MR) is 62.6 cm³/mol. The normalized spacial score (nSPS) is 8.67. The standard InChI is InChI=1S/2C6H11N2.ClH.HI/c2*1-3-8-5-4-7(2)6-8;;/h2*4-6H,3H2,1-2H3;2*1H/q2*+1;;/p-2. The largest absolute Gasteiger partial charge is 1.00 e. The summed E-state index contributed by atoms with van der Waals surface area (Å²) in [4.78, 5) is 0. The van der Waals surface area contributed by atoms with Gasteiger partial charge in [0.2, 0.25) is 12.7 Å².